The summed E-state index contributed by atoms with van der Waals surface area (Å²) in [6.07, 6.45) is 2.51. The summed E-state index contributed by atoms with van der Waals surface area (Å²) in [5, 5.41) is 4.87. The molecule has 0 aliphatic carbocycles. The highest BCUT2D eigenvalue weighted by molar-refractivity contribution is 7.12. The van der Waals surface area contributed by atoms with Crippen LogP contribution in [0.25, 0.3) is 0 Å². The van der Waals surface area contributed by atoms with E-state index in [0.29, 0.717) is 24.4 Å². The molecule has 1 aliphatic heterocycles. The van der Waals surface area contributed by atoms with E-state index in [4.69, 9.17) is 4.74 Å². The number of anilines is 1. The molecule has 2 heterocycles. The van der Waals surface area contributed by atoms with Crippen LogP contribution in [0.4, 0.5) is 5.69 Å². The van der Waals surface area contributed by atoms with Crippen LogP contribution in [0, 0.1) is 6.92 Å². The second-order valence-electron chi connectivity index (χ2n) is 8.14. The molecule has 0 radical (unpaired) electrons. The first-order chi connectivity index (χ1) is 15.6. The van der Waals surface area contributed by atoms with E-state index in [1.165, 1.54) is 11.3 Å². The molecule has 6 heteroatoms. The van der Waals surface area contributed by atoms with Crippen LogP contribution < -0.4 is 10.2 Å². The van der Waals surface area contributed by atoms with Gasteiger partial charge in [0.2, 0.25) is 5.91 Å². The number of benzene rings is 2. The molecule has 1 N–H and O–H groups in total. The van der Waals surface area contributed by atoms with E-state index in [2.05, 4.69) is 11.4 Å². The normalized spacial score (nSPS) is 15.5. The summed E-state index contributed by atoms with van der Waals surface area (Å²) in [4.78, 5) is 28.0. The molecule has 32 heavy (non-hydrogen) atoms. The molecule has 4 rings (SSSR count). The molecule has 0 saturated carbocycles. The Morgan fingerprint density at radius 2 is 1.94 bits per heavy atom. The van der Waals surface area contributed by atoms with Gasteiger partial charge >= 0.3 is 0 Å². The maximum absolute atomic E-state index is 13.2. The molecule has 1 aromatic heterocycles. The van der Waals surface area contributed by atoms with Crippen molar-refractivity contribution in [2.75, 3.05) is 18.1 Å². The fraction of sp³-hybridized carbons (Fsp3) is 0.308. The van der Waals surface area contributed by atoms with Crippen molar-refractivity contribution in [2.24, 2.45) is 0 Å². The summed E-state index contributed by atoms with van der Waals surface area (Å²) in [6.45, 7) is 3.88. The van der Waals surface area contributed by atoms with Gasteiger partial charge in [0.1, 0.15) is 0 Å². The number of hydrogen-bond donors (Lipinski definition) is 1. The van der Waals surface area contributed by atoms with Crippen molar-refractivity contribution in [3.8, 4) is 0 Å². The van der Waals surface area contributed by atoms with E-state index in [-0.39, 0.29) is 17.9 Å². The molecule has 5 nitrogen and oxygen atoms in total. The van der Waals surface area contributed by atoms with Gasteiger partial charge in [0.05, 0.1) is 23.9 Å². The number of carbonyl (C=O) groups is 2. The lowest BCUT2D eigenvalue weighted by molar-refractivity contribution is -0.120. The monoisotopic (exact) mass is 448 g/mol. The molecule has 2 aromatic carbocycles. The van der Waals surface area contributed by atoms with Crippen molar-refractivity contribution in [3.63, 3.8) is 0 Å². The average molecular weight is 449 g/mol. The largest absolute Gasteiger partial charge is 0.376 e. The standard InChI is InChI=1S/C26H28N2O3S/c1-19-5-2-6-21(15-19)18-28(26(30)24-8-4-14-32-24)22-11-9-20(10-12-22)16-25(29)27-17-23-7-3-13-31-23/h2,4-6,8-12,14-15,23H,3,7,13,16-18H2,1H3,(H,27,29)/t23-/m1/s1. The molecule has 166 valence electrons. The Balaban J connectivity index is 1.45. The van der Waals surface area contributed by atoms with Crippen LogP contribution in [-0.2, 0) is 22.5 Å². The predicted octanol–water partition coefficient (Wildman–Crippen LogP) is 4.74. The van der Waals surface area contributed by atoms with Crippen LogP contribution >= 0.6 is 11.3 Å². The number of hydrogen-bond acceptors (Lipinski definition) is 4. The van der Waals surface area contributed by atoms with E-state index in [0.717, 1.165) is 41.8 Å². The molecular formula is C26H28N2O3S. The number of nitrogens with zero attached hydrogens (tertiary/aromatic N) is 1. The molecule has 1 fully saturated rings. The third-order valence-electron chi connectivity index (χ3n) is 5.56. The zero-order valence-electron chi connectivity index (χ0n) is 18.3. The summed E-state index contributed by atoms with van der Waals surface area (Å²) in [5.41, 5.74) is 3.97. The van der Waals surface area contributed by atoms with Crippen LogP contribution in [0.1, 0.15) is 39.2 Å². The fourth-order valence-corrected chi connectivity index (χ4v) is 4.55. The summed E-state index contributed by atoms with van der Waals surface area (Å²) in [7, 11) is 0. The molecule has 1 aliphatic rings. The fourth-order valence-electron chi connectivity index (χ4n) is 3.88. The first-order valence-electron chi connectivity index (χ1n) is 11.0. The number of aryl methyl sites for hydroxylation is 1. The minimum atomic E-state index is -0.0245. The first kappa shape index (κ1) is 22.2. The second-order valence-corrected chi connectivity index (χ2v) is 9.09. The van der Waals surface area contributed by atoms with Crippen molar-refractivity contribution < 1.29 is 14.3 Å². The Kier molecular flexibility index (Phi) is 7.35. The van der Waals surface area contributed by atoms with Gasteiger partial charge in [-0.1, -0.05) is 48.0 Å². The summed E-state index contributed by atoms with van der Waals surface area (Å²) < 4.78 is 5.55. The van der Waals surface area contributed by atoms with Crippen molar-refractivity contribution in [1.29, 1.82) is 0 Å². The van der Waals surface area contributed by atoms with E-state index in [1.807, 2.05) is 66.9 Å². The third-order valence-corrected chi connectivity index (χ3v) is 6.42. The molecular weight excluding hydrogens is 420 g/mol. The van der Waals surface area contributed by atoms with Gasteiger partial charge in [-0.05, 0) is 54.5 Å². The molecule has 0 bridgehead atoms. The second kappa shape index (κ2) is 10.6. The van der Waals surface area contributed by atoms with E-state index in [1.54, 1.807) is 4.90 Å². The van der Waals surface area contributed by atoms with Crippen LogP contribution in [0.5, 0.6) is 0 Å². The van der Waals surface area contributed by atoms with Crippen LogP contribution in [0.2, 0.25) is 0 Å². The van der Waals surface area contributed by atoms with Crippen molar-refractivity contribution >= 4 is 28.8 Å². The Bertz CT molecular complexity index is 1040. The van der Waals surface area contributed by atoms with Crippen LogP contribution in [0.15, 0.2) is 66.0 Å². The molecule has 1 saturated heterocycles. The minimum absolute atomic E-state index is 0.0143. The van der Waals surface area contributed by atoms with Gasteiger partial charge in [0.15, 0.2) is 0 Å². The Morgan fingerprint density at radius 3 is 2.62 bits per heavy atom. The van der Waals surface area contributed by atoms with Gasteiger partial charge in [-0.3, -0.25) is 9.59 Å². The van der Waals surface area contributed by atoms with Crippen molar-refractivity contribution in [3.05, 3.63) is 87.6 Å². The molecule has 1 atom stereocenters. The van der Waals surface area contributed by atoms with Crippen LogP contribution in [-0.4, -0.2) is 31.1 Å². The highest BCUT2D eigenvalue weighted by Gasteiger charge is 2.20. The zero-order valence-corrected chi connectivity index (χ0v) is 19.1. The quantitative estimate of drug-likeness (QED) is 0.541. The summed E-state index contributed by atoms with van der Waals surface area (Å²) in [5.74, 6) is -0.0388. The van der Waals surface area contributed by atoms with E-state index < -0.39 is 0 Å². The van der Waals surface area contributed by atoms with Gasteiger partial charge in [-0.15, -0.1) is 11.3 Å². The lowest BCUT2D eigenvalue weighted by Gasteiger charge is -2.23. The lowest BCUT2D eigenvalue weighted by atomic mass is 10.1. The van der Waals surface area contributed by atoms with Gasteiger partial charge in [0, 0.05) is 18.8 Å². The molecule has 2 amide bonds. The number of ether oxygens (including phenoxy) is 1. The Hall–Kier alpha value is -2.96. The van der Waals surface area contributed by atoms with Crippen LogP contribution in [0.3, 0.4) is 0 Å². The zero-order chi connectivity index (χ0) is 22.3. The number of rotatable bonds is 8. The van der Waals surface area contributed by atoms with Gasteiger partial charge in [-0.2, -0.15) is 0 Å². The summed E-state index contributed by atoms with van der Waals surface area (Å²) >= 11 is 1.44. The third kappa shape index (κ3) is 5.84. The van der Waals surface area contributed by atoms with E-state index >= 15 is 0 Å². The molecule has 3 aromatic rings. The Labute approximate surface area is 193 Å². The number of thiophene rings is 1. The topological polar surface area (TPSA) is 58.6 Å². The molecule has 0 spiro atoms. The maximum Gasteiger partial charge on any atom is 0.268 e. The number of carbonyl (C=O) groups excluding carboxylic acids is 2. The maximum atomic E-state index is 13.2. The highest BCUT2D eigenvalue weighted by Crippen LogP contribution is 2.23. The number of nitrogens with one attached hydrogen (secondary N) is 1. The lowest BCUT2D eigenvalue weighted by Crippen LogP contribution is -2.32. The van der Waals surface area contributed by atoms with E-state index in [9.17, 15) is 9.59 Å². The minimum Gasteiger partial charge on any atom is -0.376 e. The smallest absolute Gasteiger partial charge is 0.268 e. The van der Waals surface area contributed by atoms with Gasteiger partial charge in [0.25, 0.3) is 5.91 Å². The molecule has 0 unspecified atom stereocenters. The Morgan fingerprint density at radius 1 is 1.09 bits per heavy atom. The average Bonchev–Trinajstić information content (AvgIpc) is 3.51. The SMILES string of the molecule is Cc1cccc(CN(C(=O)c2cccs2)c2ccc(CC(=O)NC[C@H]3CCCO3)cc2)c1. The highest BCUT2D eigenvalue weighted by atomic mass is 32.1. The van der Waals surface area contributed by atoms with Gasteiger partial charge in [-0.25, -0.2) is 0 Å². The summed E-state index contributed by atoms with van der Waals surface area (Å²) in [6, 6.07) is 19.6. The van der Waals surface area contributed by atoms with Crippen molar-refractivity contribution in [1.82, 2.24) is 5.32 Å². The van der Waals surface area contributed by atoms with Gasteiger partial charge < -0.3 is 15.0 Å². The number of amides is 2. The first-order valence-corrected chi connectivity index (χ1v) is 11.8. The van der Waals surface area contributed by atoms with Crippen molar-refractivity contribution in [2.45, 2.75) is 38.8 Å². The predicted molar refractivity (Wildman–Crippen MR) is 128 cm³/mol.